The summed E-state index contributed by atoms with van der Waals surface area (Å²) < 4.78 is 39.6. The van der Waals surface area contributed by atoms with Crippen LogP contribution in [0.1, 0.15) is 265 Å². The van der Waals surface area contributed by atoms with Crippen LogP contribution in [0.5, 0.6) is 0 Å². The number of carbonyl (C=O) groups excluding carboxylic acids is 3. The van der Waals surface area contributed by atoms with E-state index in [9.17, 15) is 28.9 Å². The highest BCUT2D eigenvalue weighted by molar-refractivity contribution is 7.47. The van der Waals surface area contributed by atoms with Crippen molar-refractivity contribution in [2.45, 2.75) is 277 Å². The number of unbranched alkanes of at least 4 members (excludes halogenated alkanes) is 25. The molecule has 12 heteroatoms. The molecule has 0 spiro atoms. The van der Waals surface area contributed by atoms with Crippen molar-refractivity contribution < 1.29 is 52.2 Å². The Morgan fingerprint density at radius 1 is 0.382 bits per heavy atom. The van der Waals surface area contributed by atoms with Crippen LogP contribution in [0.2, 0.25) is 0 Å². The lowest BCUT2D eigenvalue weighted by Crippen LogP contribution is -2.30. The van der Waals surface area contributed by atoms with Crippen molar-refractivity contribution in [1.29, 1.82) is 0 Å². The number of esters is 3. The van der Waals surface area contributed by atoms with Gasteiger partial charge in [0.2, 0.25) is 0 Å². The summed E-state index contributed by atoms with van der Waals surface area (Å²) >= 11 is 0. The van der Waals surface area contributed by atoms with Crippen LogP contribution < -0.4 is 0 Å². The molecule has 438 valence electrons. The first-order valence-electron chi connectivity index (χ1n) is 30.5. The monoisotopic (exact) mass is 1090 g/mol. The van der Waals surface area contributed by atoms with E-state index in [4.69, 9.17) is 23.3 Å². The van der Waals surface area contributed by atoms with E-state index in [1.54, 1.807) is 0 Å². The van der Waals surface area contributed by atoms with Gasteiger partial charge in [-0.3, -0.25) is 23.4 Å². The van der Waals surface area contributed by atoms with E-state index in [1.165, 1.54) is 70.6 Å². The third-order valence-corrected chi connectivity index (χ3v) is 13.8. The summed E-state index contributed by atoms with van der Waals surface area (Å²) in [6, 6.07) is 0. The Kier molecular flexibility index (Phi) is 55.3. The average molecular weight is 1090 g/mol. The maximum atomic E-state index is 12.9. The van der Waals surface area contributed by atoms with Crippen LogP contribution in [0, 0.1) is 0 Å². The number of aliphatic hydroxyl groups is 1. The van der Waals surface area contributed by atoms with Crippen molar-refractivity contribution in [3.63, 3.8) is 0 Å². The normalized spacial score (nSPS) is 13.9. The van der Waals surface area contributed by atoms with Crippen molar-refractivity contribution in [2.24, 2.45) is 0 Å². The number of aliphatic hydroxyl groups excluding tert-OH is 1. The zero-order valence-electron chi connectivity index (χ0n) is 48.5. The Morgan fingerprint density at radius 2 is 0.684 bits per heavy atom. The smallest absolute Gasteiger partial charge is 0.462 e. The molecule has 2 N–H and O–H groups in total. The summed E-state index contributed by atoms with van der Waals surface area (Å²) in [5.74, 6) is -1.48. The Bertz CT molecular complexity index is 1600. The Hall–Kier alpha value is -3.34. The summed E-state index contributed by atoms with van der Waals surface area (Å²) in [7, 11) is -4.76. The fourth-order valence-corrected chi connectivity index (χ4v) is 9.03. The van der Waals surface area contributed by atoms with E-state index >= 15 is 0 Å². The van der Waals surface area contributed by atoms with Gasteiger partial charge in [0, 0.05) is 19.3 Å². The molecule has 0 aromatic heterocycles. The molecule has 3 atom stereocenters. The molecule has 76 heavy (non-hydrogen) atoms. The quantitative estimate of drug-likeness (QED) is 0.0197. The highest BCUT2D eigenvalue weighted by Gasteiger charge is 2.28. The molecule has 0 amide bonds. The summed E-state index contributed by atoms with van der Waals surface area (Å²) in [6.07, 6.45) is 66.7. The van der Waals surface area contributed by atoms with E-state index in [1.807, 2.05) is 0 Å². The molecule has 11 nitrogen and oxygen atoms in total. The summed E-state index contributed by atoms with van der Waals surface area (Å²) in [5, 5.41) is 9.84. The molecule has 3 unspecified atom stereocenters. The van der Waals surface area contributed by atoms with E-state index in [2.05, 4.69) is 106 Å². The van der Waals surface area contributed by atoms with Crippen LogP contribution in [-0.4, -0.2) is 66.5 Å². The van der Waals surface area contributed by atoms with E-state index < -0.39 is 57.8 Å². The third-order valence-electron chi connectivity index (χ3n) is 12.8. The van der Waals surface area contributed by atoms with Crippen molar-refractivity contribution in [3.05, 3.63) is 85.1 Å². The fraction of sp³-hybridized carbons (Fsp3) is 0.734. The fourth-order valence-electron chi connectivity index (χ4n) is 8.25. The largest absolute Gasteiger partial charge is 0.472 e. The lowest BCUT2D eigenvalue weighted by molar-refractivity contribution is -0.161. The van der Waals surface area contributed by atoms with Crippen LogP contribution in [-0.2, 0) is 42.2 Å². The second kappa shape index (κ2) is 57.8. The molecule has 0 aliphatic rings. The van der Waals surface area contributed by atoms with Crippen molar-refractivity contribution >= 4 is 25.7 Å². The first-order chi connectivity index (χ1) is 37.2. The van der Waals surface area contributed by atoms with Crippen molar-refractivity contribution in [2.75, 3.05) is 26.4 Å². The minimum absolute atomic E-state index is 0.150. The number of carbonyl (C=O) groups is 3. The lowest BCUT2D eigenvalue weighted by atomic mass is 10.0. The molecular weight excluding hydrogens is 976 g/mol. The van der Waals surface area contributed by atoms with Crippen molar-refractivity contribution in [3.8, 4) is 0 Å². The van der Waals surface area contributed by atoms with Crippen molar-refractivity contribution in [1.82, 2.24) is 0 Å². The molecule has 0 rings (SSSR count). The molecule has 0 fully saturated rings. The Morgan fingerprint density at radius 3 is 1.05 bits per heavy atom. The number of allylic oxidation sites excluding steroid dienone is 14. The first-order valence-corrected chi connectivity index (χ1v) is 32.0. The summed E-state index contributed by atoms with van der Waals surface area (Å²) in [5.41, 5.74) is 0. The van der Waals surface area contributed by atoms with Gasteiger partial charge in [-0.05, 0) is 89.9 Å². The van der Waals surface area contributed by atoms with Crippen LogP contribution in [0.3, 0.4) is 0 Å². The highest BCUT2D eigenvalue weighted by Crippen LogP contribution is 2.43. The topological polar surface area (TPSA) is 155 Å². The Labute approximate surface area is 464 Å². The third kappa shape index (κ3) is 55.4. The standard InChI is InChI=1S/C64H111O11P/c1-4-7-10-13-16-19-22-25-27-29-30-32-34-37-40-43-46-49-52-55-64(68)75-61(57-71-62(66)53-50-47-44-41-38-35-24-21-18-15-12-9-6-3)59-73-76(69,70)72-58-60(56-65)74-63(67)54-51-48-45-42-39-36-33-31-28-26-23-20-17-14-11-8-5-2/h7-8,10-11,16-17,19-20,25-28,30,32,60-61,65H,4-6,9,12-15,18,21-24,29,31,33-59H2,1-3H3,(H,69,70)/b10-7-,11-8-,19-16-,20-17-,27-25-,28-26-,32-30-. The predicted molar refractivity (Wildman–Crippen MR) is 316 cm³/mol. The van der Waals surface area contributed by atoms with Gasteiger partial charge in [0.15, 0.2) is 6.10 Å². The van der Waals surface area contributed by atoms with Gasteiger partial charge in [0.05, 0.1) is 19.8 Å². The molecule has 0 aromatic rings. The van der Waals surface area contributed by atoms with Crippen LogP contribution in [0.15, 0.2) is 85.1 Å². The lowest BCUT2D eigenvalue weighted by Gasteiger charge is -2.21. The van der Waals surface area contributed by atoms with Gasteiger partial charge >= 0.3 is 25.7 Å². The van der Waals surface area contributed by atoms with E-state index in [0.29, 0.717) is 19.3 Å². The minimum atomic E-state index is -4.76. The highest BCUT2D eigenvalue weighted by atomic mass is 31.2. The maximum absolute atomic E-state index is 12.9. The van der Waals surface area contributed by atoms with Gasteiger partial charge in [-0.15, -0.1) is 0 Å². The van der Waals surface area contributed by atoms with Crippen LogP contribution in [0.25, 0.3) is 0 Å². The molecule has 0 aromatic carbocycles. The summed E-state index contributed by atoms with van der Waals surface area (Å²) in [4.78, 5) is 48.6. The minimum Gasteiger partial charge on any atom is -0.462 e. The second-order valence-corrected chi connectivity index (χ2v) is 21.6. The number of hydrogen-bond donors (Lipinski definition) is 2. The molecule has 0 bridgehead atoms. The molecule has 0 saturated heterocycles. The average Bonchev–Trinajstić information content (AvgIpc) is 3.41. The zero-order chi connectivity index (χ0) is 55.5. The predicted octanol–water partition coefficient (Wildman–Crippen LogP) is 18.3. The van der Waals surface area contributed by atoms with Gasteiger partial charge in [-0.1, -0.05) is 241 Å². The van der Waals surface area contributed by atoms with E-state index in [0.717, 1.165) is 135 Å². The van der Waals surface area contributed by atoms with Gasteiger partial charge in [-0.2, -0.15) is 0 Å². The van der Waals surface area contributed by atoms with Gasteiger partial charge in [-0.25, -0.2) is 4.57 Å². The van der Waals surface area contributed by atoms with Crippen LogP contribution >= 0.6 is 7.82 Å². The molecule has 0 aliphatic carbocycles. The first kappa shape index (κ1) is 72.7. The molecule has 0 aliphatic heterocycles. The molecule has 0 saturated carbocycles. The number of hydrogen-bond acceptors (Lipinski definition) is 10. The zero-order valence-corrected chi connectivity index (χ0v) is 49.3. The molecular formula is C64H111O11P. The maximum Gasteiger partial charge on any atom is 0.472 e. The number of ether oxygens (including phenoxy) is 3. The number of rotatable bonds is 56. The molecule has 0 heterocycles. The second-order valence-electron chi connectivity index (χ2n) is 20.1. The van der Waals surface area contributed by atoms with Gasteiger partial charge < -0.3 is 24.2 Å². The van der Waals surface area contributed by atoms with E-state index in [-0.39, 0.29) is 25.9 Å². The molecule has 0 radical (unpaired) electrons. The van der Waals surface area contributed by atoms with Gasteiger partial charge in [0.25, 0.3) is 0 Å². The number of phosphoric ester groups is 1. The summed E-state index contributed by atoms with van der Waals surface area (Å²) in [6.45, 7) is 4.42. The van der Waals surface area contributed by atoms with Gasteiger partial charge in [0.1, 0.15) is 12.7 Å². The Balaban J connectivity index is 4.71. The number of phosphoric acid groups is 1. The SMILES string of the molecule is CC/C=C\C/C=C\C/C=C\C/C=C\CCCCCCCCC(=O)OC(COC(=O)CCCCCCCCCCCCCCC)COP(=O)(O)OCC(CO)OC(=O)CCCCCCCCC/C=C\C/C=C\C/C=C\CC. The van der Waals surface area contributed by atoms with Crippen LogP contribution in [0.4, 0.5) is 0 Å².